The highest BCUT2D eigenvalue weighted by Crippen LogP contribution is 2.39. The summed E-state index contributed by atoms with van der Waals surface area (Å²) in [5, 5.41) is 0.703. The first-order chi connectivity index (χ1) is 10.1. The molecule has 2 heterocycles. The van der Waals surface area contributed by atoms with Crippen molar-refractivity contribution >= 4 is 27.5 Å². The lowest BCUT2D eigenvalue weighted by Gasteiger charge is -2.18. The number of aromatic nitrogens is 2. The van der Waals surface area contributed by atoms with Crippen LogP contribution in [0, 0.1) is 0 Å². The number of esters is 1. The highest BCUT2D eigenvalue weighted by atomic mass is 32.1. The van der Waals surface area contributed by atoms with Crippen molar-refractivity contribution in [1.29, 1.82) is 0 Å². The number of rotatable bonds is 3. The fourth-order valence-corrected chi connectivity index (χ4v) is 4.26. The molecule has 0 radical (unpaired) electrons. The van der Waals surface area contributed by atoms with Crippen LogP contribution in [0.15, 0.2) is 11.1 Å². The van der Waals surface area contributed by atoms with E-state index in [4.69, 9.17) is 4.74 Å². The molecule has 21 heavy (non-hydrogen) atoms. The van der Waals surface area contributed by atoms with E-state index in [0.29, 0.717) is 17.9 Å². The third-order valence-corrected chi connectivity index (χ3v) is 5.10. The molecule has 0 N–H and O–H groups in total. The molecule has 1 aliphatic rings. The van der Waals surface area contributed by atoms with Crippen molar-refractivity contribution in [3.05, 3.63) is 27.1 Å². The van der Waals surface area contributed by atoms with Gasteiger partial charge in [-0.1, -0.05) is 6.92 Å². The SMILES string of the molecule is CCOC(=O)Cn1cnc2sc3c(c2c1=O)C(C)CCC3. The molecule has 0 amide bonds. The van der Waals surface area contributed by atoms with Gasteiger partial charge in [0, 0.05) is 4.88 Å². The van der Waals surface area contributed by atoms with Gasteiger partial charge in [0.05, 0.1) is 18.3 Å². The van der Waals surface area contributed by atoms with E-state index < -0.39 is 5.97 Å². The molecule has 0 saturated heterocycles. The van der Waals surface area contributed by atoms with Crippen molar-refractivity contribution in [2.75, 3.05) is 6.61 Å². The Hall–Kier alpha value is -1.69. The van der Waals surface area contributed by atoms with E-state index in [1.165, 1.54) is 15.8 Å². The van der Waals surface area contributed by atoms with Gasteiger partial charge in [0.25, 0.3) is 5.56 Å². The monoisotopic (exact) mass is 306 g/mol. The Balaban J connectivity index is 2.10. The third kappa shape index (κ3) is 2.48. The van der Waals surface area contributed by atoms with Gasteiger partial charge in [-0.05, 0) is 37.7 Å². The second-order valence-corrected chi connectivity index (χ2v) is 6.48. The third-order valence-electron chi connectivity index (χ3n) is 3.93. The Kier molecular flexibility index (Phi) is 3.80. The molecule has 0 bridgehead atoms. The zero-order valence-electron chi connectivity index (χ0n) is 12.2. The Morgan fingerprint density at radius 2 is 2.38 bits per heavy atom. The number of hydrogen-bond acceptors (Lipinski definition) is 5. The van der Waals surface area contributed by atoms with E-state index in [1.807, 2.05) is 0 Å². The minimum atomic E-state index is -0.405. The second-order valence-electron chi connectivity index (χ2n) is 5.39. The summed E-state index contributed by atoms with van der Waals surface area (Å²) in [6.07, 6.45) is 4.75. The lowest BCUT2D eigenvalue weighted by molar-refractivity contribution is -0.143. The summed E-state index contributed by atoms with van der Waals surface area (Å²) >= 11 is 1.61. The van der Waals surface area contributed by atoms with Crippen molar-refractivity contribution < 1.29 is 9.53 Å². The zero-order chi connectivity index (χ0) is 15.0. The summed E-state index contributed by atoms with van der Waals surface area (Å²) in [4.78, 5) is 30.7. The number of nitrogens with zero attached hydrogens (tertiary/aromatic N) is 2. The molecule has 0 aliphatic heterocycles. The molecule has 2 aromatic heterocycles. The first kappa shape index (κ1) is 14.3. The Bertz CT molecular complexity index is 747. The predicted octanol–water partition coefficient (Wildman–Crippen LogP) is 2.46. The normalized spacial score (nSPS) is 17.7. The van der Waals surface area contributed by atoms with Crippen molar-refractivity contribution in [3.8, 4) is 0 Å². The van der Waals surface area contributed by atoms with Crippen LogP contribution in [-0.2, 0) is 22.5 Å². The van der Waals surface area contributed by atoms with E-state index in [2.05, 4.69) is 11.9 Å². The highest BCUT2D eigenvalue weighted by molar-refractivity contribution is 7.18. The van der Waals surface area contributed by atoms with E-state index in [1.54, 1.807) is 18.3 Å². The van der Waals surface area contributed by atoms with Gasteiger partial charge < -0.3 is 4.74 Å². The Morgan fingerprint density at radius 1 is 1.57 bits per heavy atom. The summed E-state index contributed by atoms with van der Waals surface area (Å²) in [6, 6.07) is 0. The lowest BCUT2D eigenvalue weighted by Crippen LogP contribution is -2.26. The highest BCUT2D eigenvalue weighted by Gasteiger charge is 2.25. The molecule has 1 atom stereocenters. The van der Waals surface area contributed by atoms with Crippen LogP contribution >= 0.6 is 11.3 Å². The maximum Gasteiger partial charge on any atom is 0.326 e. The average molecular weight is 306 g/mol. The summed E-state index contributed by atoms with van der Waals surface area (Å²) in [6.45, 7) is 4.15. The van der Waals surface area contributed by atoms with Crippen molar-refractivity contribution in [1.82, 2.24) is 9.55 Å². The standard InChI is InChI=1S/C15H18N2O3S/c1-3-20-11(18)7-17-8-16-14-13(15(17)19)12-9(2)5-4-6-10(12)21-14/h8-9H,3-7H2,1-2H3. The average Bonchev–Trinajstić information content (AvgIpc) is 2.83. The van der Waals surface area contributed by atoms with Gasteiger partial charge in [-0.25, -0.2) is 4.98 Å². The fraction of sp³-hybridized carbons (Fsp3) is 0.533. The van der Waals surface area contributed by atoms with E-state index in [9.17, 15) is 9.59 Å². The minimum Gasteiger partial charge on any atom is -0.465 e. The van der Waals surface area contributed by atoms with Crippen molar-refractivity contribution in [2.45, 2.75) is 45.6 Å². The van der Waals surface area contributed by atoms with Crippen LogP contribution < -0.4 is 5.56 Å². The number of fused-ring (bicyclic) bond motifs is 3. The van der Waals surface area contributed by atoms with Crippen LogP contribution in [0.5, 0.6) is 0 Å². The van der Waals surface area contributed by atoms with Gasteiger partial charge >= 0.3 is 5.97 Å². The number of thiophene rings is 1. The molecule has 0 saturated carbocycles. The summed E-state index contributed by atoms with van der Waals surface area (Å²) in [5.41, 5.74) is 1.02. The molecule has 6 heteroatoms. The van der Waals surface area contributed by atoms with Gasteiger partial charge in [0.1, 0.15) is 11.4 Å². The number of ether oxygens (including phenoxy) is 1. The number of aryl methyl sites for hydroxylation is 1. The molecule has 5 nitrogen and oxygen atoms in total. The smallest absolute Gasteiger partial charge is 0.326 e. The maximum absolute atomic E-state index is 12.7. The summed E-state index contributed by atoms with van der Waals surface area (Å²) < 4.78 is 6.26. The molecule has 0 spiro atoms. The summed E-state index contributed by atoms with van der Waals surface area (Å²) in [7, 11) is 0. The van der Waals surface area contributed by atoms with Gasteiger partial charge in [-0.15, -0.1) is 11.3 Å². The second kappa shape index (κ2) is 5.60. The first-order valence-corrected chi connectivity index (χ1v) is 8.09. The molecule has 112 valence electrons. The van der Waals surface area contributed by atoms with Crippen LogP contribution in [0.25, 0.3) is 10.2 Å². The van der Waals surface area contributed by atoms with E-state index in [0.717, 1.165) is 29.7 Å². The molecule has 0 aromatic carbocycles. The van der Waals surface area contributed by atoms with Gasteiger partial charge in [0.2, 0.25) is 0 Å². The summed E-state index contributed by atoms with van der Waals surface area (Å²) in [5.74, 6) is -0.0201. The van der Waals surface area contributed by atoms with Crippen LogP contribution in [0.1, 0.15) is 43.0 Å². The zero-order valence-corrected chi connectivity index (χ0v) is 13.0. The minimum absolute atomic E-state index is 0.0748. The van der Waals surface area contributed by atoms with Crippen molar-refractivity contribution in [2.24, 2.45) is 0 Å². The van der Waals surface area contributed by atoms with Gasteiger partial charge in [-0.3, -0.25) is 14.2 Å². The van der Waals surface area contributed by atoms with Gasteiger partial charge in [-0.2, -0.15) is 0 Å². The number of hydrogen-bond donors (Lipinski definition) is 0. The Labute approximate surface area is 126 Å². The molecule has 2 aromatic rings. The Morgan fingerprint density at radius 3 is 3.14 bits per heavy atom. The molecule has 1 aliphatic carbocycles. The topological polar surface area (TPSA) is 61.2 Å². The lowest BCUT2D eigenvalue weighted by atomic mass is 9.88. The molecular formula is C15H18N2O3S. The molecule has 1 unspecified atom stereocenters. The molecule has 0 fully saturated rings. The maximum atomic E-state index is 12.7. The van der Waals surface area contributed by atoms with Crippen molar-refractivity contribution in [3.63, 3.8) is 0 Å². The van der Waals surface area contributed by atoms with Crippen LogP contribution in [0.2, 0.25) is 0 Å². The van der Waals surface area contributed by atoms with Crippen LogP contribution in [0.4, 0.5) is 0 Å². The first-order valence-electron chi connectivity index (χ1n) is 7.28. The van der Waals surface area contributed by atoms with Crippen LogP contribution in [0.3, 0.4) is 0 Å². The molecule has 3 rings (SSSR count). The number of carbonyl (C=O) groups is 1. The largest absolute Gasteiger partial charge is 0.465 e. The fourth-order valence-electron chi connectivity index (χ4n) is 2.97. The van der Waals surface area contributed by atoms with E-state index >= 15 is 0 Å². The van der Waals surface area contributed by atoms with Crippen LogP contribution in [-0.4, -0.2) is 22.1 Å². The van der Waals surface area contributed by atoms with E-state index in [-0.39, 0.29) is 12.1 Å². The quantitative estimate of drug-likeness (QED) is 0.817. The molecular weight excluding hydrogens is 288 g/mol. The van der Waals surface area contributed by atoms with Gasteiger partial charge in [0.15, 0.2) is 0 Å². The number of carbonyl (C=O) groups excluding carboxylic acids is 1. The predicted molar refractivity (Wildman–Crippen MR) is 81.9 cm³/mol.